The van der Waals surface area contributed by atoms with Gasteiger partial charge < -0.3 is 11.5 Å². The van der Waals surface area contributed by atoms with Crippen LogP contribution in [0, 0.1) is 0 Å². The van der Waals surface area contributed by atoms with Gasteiger partial charge in [-0.05, 0) is 0 Å². The molecule has 4 N–H and O–H groups in total. The molecule has 0 spiro atoms. The summed E-state index contributed by atoms with van der Waals surface area (Å²) in [5, 5.41) is 0. The Labute approximate surface area is 36.2 Å². The van der Waals surface area contributed by atoms with Crippen LogP contribution in [0.2, 0.25) is 0 Å². The summed E-state index contributed by atoms with van der Waals surface area (Å²) in [5.41, 5.74) is 9.38. The van der Waals surface area contributed by atoms with Gasteiger partial charge >= 0.3 is 1.43 Å². The molecule has 0 atom stereocenters. The lowest BCUT2D eigenvalue weighted by atomic mass is 11.1. The molecule has 0 unspecified atom stereocenters. The molecule has 0 heterocycles. The average molecular weight is 94.5 g/mol. The molecule has 0 aromatic heterocycles. The molecule has 0 aliphatic heterocycles. The van der Waals surface area contributed by atoms with E-state index in [0.717, 1.165) is 0 Å². The smallest absolute Gasteiger partial charge is 0.369 e. The standard InChI is InChI=1S/CH4ClN3/c2-5-1(3)4/h(H4,3,4,5)/p+1. The molecule has 0 saturated heterocycles. The molecule has 4 heteroatoms. The zero-order valence-corrected chi connectivity index (χ0v) is 3.24. The van der Waals surface area contributed by atoms with Crippen LogP contribution in [0.15, 0.2) is 4.51 Å². The number of hydrogen-bond acceptors (Lipinski definition) is 1. The molecule has 0 aliphatic carbocycles. The maximum Gasteiger partial charge on any atom is 1.00 e. The number of rotatable bonds is 0. The molecular weight excluding hydrogens is 89.5 g/mol. The molecule has 0 rings (SSSR count). The molecule has 0 radical (unpaired) electrons. The monoisotopic (exact) mass is 94.0 g/mol. The minimum atomic E-state index is -0.105. The number of hydrogen-bond donors (Lipinski definition) is 2. The number of halogens is 1. The van der Waals surface area contributed by atoms with Crippen LogP contribution in [-0.2, 0) is 0 Å². The van der Waals surface area contributed by atoms with Crippen LogP contribution >= 0.6 is 11.8 Å². The van der Waals surface area contributed by atoms with Crippen molar-refractivity contribution in [2.75, 3.05) is 0 Å². The fourth-order valence-corrected chi connectivity index (χ4v) is 0. The Morgan fingerprint density at radius 2 is 2.00 bits per heavy atom. The van der Waals surface area contributed by atoms with Gasteiger partial charge in [0.2, 0.25) is 5.96 Å². The highest BCUT2D eigenvalue weighted by Gasteiger charge is 1.64. The Hall–Kier alpha value is -0.440. The van der Waals surface area contributed by atoms with E-state index in [1.165, 1.54) is 0 Å². The predicted molar refractivity (Wildman–Crippen MR) is 22.8 cm³/mol. The zero-order chi connectivity index (χ0) is 4.28. The molecule has 0 aromatic carbocycles. The van der Waals surface area contributed by atoms with Crippen LogP contribution in [0.25, 0.3) is 0 Å². The van der Waals surface area contributed by atoms with Crippen molar-refractivity contribution in [1.82, 2.24) is 0 Å². The summed E-state index contributed by atoms with van der Waals surface area (Å²) in [6.07, 6.45) is 0. The minimum Gasteiger partial charge on any atom is -0.369 e. The van der Waals surface area contributed by atoms with Crippen molar-refractivity contribution in [2.45, 2.75) is 0 Å². The van der Waals surface area contributed by atoms with Crippen molar-refractivity contribution in [3.05, 3.63) is 0 Å². The highest BCUT2D eigenvalue weighted by atomic mass is 35.5. The first-order valence-electron chi connectivity index (χ1n) is 0.970. The quantitative estimate of drug-likeness (QED) is 0.315. The van der Waals surface area contributed by atoms with Crippen LogP contribution in [0.5, 0.6) is 0 Å². The highest BCUT2D eigenvalue weighted by molar-refractivity contribution is 6.19. The number of guanidine groups is 1. The van der Waals surface area contributed by atoms with E-state index in [1.54, 1.807) is 0 Å². The lowest BCUT2D eigenvalue weighted by Crippen LogP contribution is -2.21. The van der Waals surface area contributed by atoms with Crippen molar-refractivity contribution >= 4 is 17.7 Å². The van der Waals surface area contributed by atoms with E-state index in [-0.39, 0.29) is 7.39 Å². The average Bonchev–Trinajstić information content (AvgIpc) is 1.38. The fraction of sp³-hybridized carbons (Fsp3) is 0. The number of nitrogens with two attached hydrogens (primary N) is 2. The van der Waals surface area contributed by atoms with Crippen molar-refractivity contribution in [2.24, 2.45) is 16.0 Å². The summed E-state index contributed by atoms with van der Waals surface area (Å²) in [6, 6.07) is 0. The van der Waals surface area contributed by atoms with Crippen LogP contribution in [-0.4, -0.2) is 5.96 Å². The van der Waals surface area contributed by atoms with E-state index < -0.39 is 0 Å². The van der Waals surface area contributed by atoms with Gasteiger partial charge in [-0.25, -0.2) is 0 Å². The molecular formula is CH5ClN3+. The molecule has 30 valence electrons. The van der Waals surface area contributed by atoms with E-state index in [2.05, 4.69) is 27.8 Å². The maximum atomic E-state index is 4.69. The van der Waals surface area contributed by atoms with Gasteiger partial charge in [-0.2, -0.15) is 0 Å². The van der Waals surface area contributed by atoms with Gasteiger partial charge in [0.15, 0.2) is 0 Å². The first-order valence-corrected chi connectivity index (χ1v) is 1.31. The summed E-state index contributed by atoms with van der Waals surface area (Å²) in [5.74, 6) is -0.105. The van der Waals surface area contributed by atoms with E-state index in [9.17, 15) is 0 Å². The largest absolute Gasteiger partial charge is 1.00 e. The Kier molecular flexibility index (Phi) is 1.68. The molecule has 0 saturated carbocycles. The van der Waals surface area contributed by atoms with E-state index in [4.69, 9.17) is 0 Å². The van der Waals surface area contributed by atoms with E-state index >= 15 is 0 Å². The van der Waals surface area contributed by atoms with Crippen molar-refractivity contribution in [1.29, 1.82) is 0 Å². The molecule has 0 aromatic rings. The van der Waals surface area contributed by atoms with Gasteiger partial charge in [-0.1, -0.05) is 0 Å². The van der Waals surface area contributed by atoms with Crippen LogP contribution < -0.4 is 11.5 Å². The molecule has 0 aliphatic rings. The summed E-state index contributed by atoms with van der Waals surface area (Å²) in [6.45, 7) is 0. The van der Waals surface area contributed by atoms with Gasteiger partial charge in [0.05, 0.1) is 0 Å². The van der Waals surface area contributed by atoms with Crippen LogP contribution in [0.1, 0.15) is 1.43 Å². The van der Waals surface area contributed by atoms with Gasteiger partial charge in [-0.15, -0.1) is 4.51 Å². The molecule has 0 bridgehead atoms. The van der Waals surface area contributed by atoms with Gasteiger partial charge in [0.1, 0.15) is 0 Å². The fourth-order valence-electron chi connectivity index (χ4n) is 0. The second-order valence-electron chi connectivity index (χ2n) is 0.509. The Bertz CT molecular complexity index is 48.8. The highest BCUT2D eigenvalue weighted by Crippen LogP contribution is 1.65. The van der Waals surface area contributed by atoms with Gasteiger partial charge in [0, 0.05) is 11.8 Å². The summed E-state index contributed by atoms with van der Waals surface area (Å²) in [4.78, 5) is 0. The normalized spacial score (nSPS) is 6.60. The molecule has 0 fully saturated rings. The lowest BCUT2D eigenvalue weighted by molar-refractivity contribution is 1.53. The van der Waals surface area contributed by atoms with Gasteiger partial charge in [-0.3, -0.25) is 0 Å². The van der Waals surface area contributed by atoms with Crippen molar-refractivity contribution < 1.29 is 1.43 Å². The topological polar surface area (TPSA) is 64.4 Å². The summed E-state index contributed by atoms with van der Waals surface area (Å²) >= 11 is 4.67. The van der Waals surface area contributed by atoms with E-state index in [1.807, 2.05) is 0 Å². The Morgan fingerprint density at radius 1 is 1.80 bits per heavy atom. The van der Waals surface area contributed by atoms with Crippen LogP contribution in [0.4, 0.5) is 0 Å². The predicted octanol–water partition coefficient (Wildman–Crippen LogP) is -0.474. The first-order chi connectivity index (χ1) is 2.27. The van der Waals surface area contributed by atoms with Crippen molar-refractivity contribution in [3.8, 4) is 0 Å². The lowest BCUT2D eigenvalue weighted by Gasteiger charge is -1.74. The van der Waals surface area contributed by atoms with Gasteiger partial charge in [0.25, 0.3) is 0 Å². The maximum absolute atomic E-state index is 4.69. The Balaban J connectivity index is 0. The SMILES string of the molecule is NC(N)=NCl.[H+]. The first kappa shape index (κ1) is 4.56. The molecule has 3 nitrogen and oxygen atoms in total. The Morgan fingerprint density at radius 3 is 2.00 bits per heavy atom. The minimum absolute atomic E-state index is 0. The second kappa shape index (κ2) is 1.84. The van der Waals surface area contributed by atoms with Crippen molar-refractivity contribution in [3.63, 3.8) is 0 Å². The summed E-state index contributed by atoms with van der Waals surface area (Å²) < 4.78 is 2.83. The van der Waals surface area contributed by atoms with E-state index in [0.29, 0.717) is 0 Å². The molecule has 5 heavy (non-hydrogen) atoms. The third kappa shape index (κ3) is 3.56. The third-order valence-corrected chi connectivity index (χ3v) is 0.293. The number of nitrogens with zero attached hydrogens (tertiary/aromatic N) is 1. The second-order valence-corrected chi connectivity index (χ2v) is 0.678. The molecule has 0 amide bonds. The third-order valence-electron chi connectivity index (χ3n) is 0.0976. The summed E-state index contributed by atoms with van der Waals surface area (Å²) in [7, 11) is 0. The van der Waals surface area contributed by atoms with Crippen LogP contribution in [0.3, 0.4) is 0 Å². The zero-order valence-electron chi connectivity index (χ0n) is 3.48.